The van der Waals surface area contributed by atoms with Crippen LogP contribution in [0.1, 0.15) is 22.3 Å². The van der Waals surface area contributed by atoms with Crippen LogP contribution in [0.25, 0.3) is 89.8 Å². The lowest BCUT2D eigenvalue weighted by Crippen LogP contribution is -2.25. The number of nitrogens with zero attached hydrogens (tertiary/aromatic N) is 3. The van der Waals surface area contributed by atoms with Gasteiger partial charge in [-0.25, -0.2) is 15.0 Å². The van der Waals surface area contributed by atoms with Gasteiger partial charge in [0, 0.05) is 16.7 Å². The smallest absolute Gasteiger partial charge is 0.164 e. The van der Waals surface area contributed by atoms with E-state index in [1.54, 1.807) is 0 Å². The molecule has 0 radical (unpaired) electrons. The van der Waals surface area contributed by atoms with Crippen LogP contribution in [0.3, 0.4) is 0 Å². The van der Waals surface area contributed by atoms with E-state index in [1.807, 2.05) is 24.3 Å². The summed E-state index contributed by atoms with van der Waals surface area (Å²) >= 11 is 0. The molecule has 0 saturated carbocycles. The summed E-state index contributed by atoms with van der Waals surface area (Å²) in [5.74, 6) is 1.90. The van der Waals surface area contributed by atoms with Crippen LogP contribution >= 0.6 is 0 Å². The maximum Gasteiger partial charge on any atom is 0.164 e. The zero-order valence-electron chi connectivity index (χ0n) is 33.2. The summed E-state index contributed by atoms with van der Waals surface area (Å²) in [5.41, 5.74) is 19.8. The van der Waals surface area contributed by atoms with Gasteiger partial charge in [0.15, 0.2) is 17.5 Å². The predicted octanol–water partition coefficient (Wildman–Crippen LogP) is 14.2. The standard InChI is InChI=1S/C58H37N3/c1-4-17-38(18-5-1)41-23-16-24-43(35-41)56-59-55(40-21-8-3-9-22-40)60-57(61-56)44-31-33-45(49(37-44)39-19-6-2-7-20-39)42-32-34-54-50(36-42)48-27-12-15-30-53(48)58(54)51-28-13-10-25-46(51)47-26-11-14-29-52(47)58/h1-37H. The van der Waals surface area contributed by atoms with Gasteiger partial charge in [-0.05, 0) is 96.1 Å². The van der Waals surface area contributed by atoms with Gasteiger partial charge in [0.05, 0.1) is 5.41 Å². The molecule has 10 aromatic rings. The van der Waals surface area contributed by atoms with E-state index in [-0.39, 0.29) is 5.41 Å². The molecule has 0 bridgehead atoms. The number of rotatable bonds is 6. The molecule has 2 aliphatic rings. The van der Waals surface area contributed by atoms with Crippen LogP contribution in [0.15, 0.2) is 224 Å². The number of hydrogen-bond acceptors (Lipinski definition) is 3. The third-order valence-corrected chi connectivity index (χ3v) is 12.6. The second-order valence-corrected chi connectivity index (χ2v) is 15.9. The van der Waals surface area contributed by atoms with Gasteiger partial charge in [-0.1, -0.05) is 206 Å². The molecule has 0 unspecified atom stereocenters. The quantitative estimate of drug-likeness (QED) is 0.169. The topological polar surface area (TPSA) is 38.7 Å². The highest BCUT2D eigenvalue weighted by Crippen LogP contribution is 2.63. The summed E-state index contributed by atoms with van der Waals surface area (Å²) < 4.78 is 0. The molecule has 3 heteroatoms. The lowest BCUT2D eigenvalue weighted by atomic mass is 9.70. The van der Waals surface area contributed by atoms with Crippen molar-refractivity contribution < 1.29 is 0 Å². The van der Waals surface area contributed by atoms with Crippen molar-refractivity contribution >= 4 is 0 Å². The van der Waals surface area contributed by atoms with Gasteiger partial charge in [-0.2, -0.15) is 0 Å². The fourth-order valence-corrected chi connectivity index (χ4v) is 9.88. The lowest BCUT2D eigenvalue weighted by Gasteiger charge is -2.30. The second-order valence-electron chi connectivity index (χ2n) is 15.9. The van der Waals surface area contributed by atoms with Gasteiger partial charge < -0.3 is 0 Å². The Morgan fingerprint density at radius 2 is 0.623 bits per heavy atom. The maximum absolute atomic E-state index is 5.20. The third-order valence-electron chi connectivity index (χ3n) is 12.6. The Morgan fingerprint density at radius 1 is 0.213 bits per heavy atom. The van der Waals surface area contributed by atoms with Gasteiger partial charge in [0.2, 0.25) is 0 Å². The molecule has 12 rings (SSSR count). The zero-order chi connectivity index (χ0) is 40.3. The highest BCUT2D eigenvalue weighted by atomic mass is 15.0. The molecule has 0 atom stereocenters. The summed E-state index contributed by atoms with van der Waals surface area (Å²) in [7, 11) is 0. The minimum atomic E-state index is -0.378. The van der Waals surface area contributed by atoms with Crippen LogP contribution in [0, 0.1) is 0 Å². The average Bonchev–Trinajstić information content (AvgIpc) is 3.81. The lowest BCUT2D eigenvalue weighted by molar-refractivity contribution is 0.794. The molecule has 61 heavy (non-hydrogen) atoms. The first-order valence-corrected chi connectivity index (χ1v) is 20.9. The monoisotopic (exact) mass is 775 g/mol. The molecule has 9 aromatic carbocycles. The summed E-state index contributed by atoms with van der Waals surface area (Å²) in [6, 6.07) is 80.5. The minimum absolute atomic E-state index is 0.378. The molecule has 0 N–H and O–H groups in total. The largest absolute Gasteiger partial charge is 0.208 e. The highest BCUT2D eigenvalue weighted by molar-refractivity contribution is 5.97. The first-order chi connectivity index (χ1) is 30.2. The van der Waals surface area contributed by atoms with Crippen LogP contribution in [0.2, 0.25) is 0 Å². The van der Waals surface area contributed by atoms with Gasteiger partial charge in [-0.15, -0.1) is 0 Å². The van der Waals surface area contributed by atoms with Crippen molar-refractivity contribution in [2.45, 2.75) is 5.41 Å². The molecule has 0 fully saturated rings. The molecular weight excluding hydrogens is 739 g/mol. The Kier molecular flexibility index (Phi) is 8.07. The highest BCUT2D eigenvalue weighted by Gasteiger charge is 2.51. The molecule has 0 saturated heterocycles. The molecule has 1 spiro atoms. The molecule has 3 nitrogen and oxygen atoms in total. The SMILES string of the molecule is c1ccc(-c2cccc(-c3nc(-c4ccccc4)nc(-c4ccc(-c5ccc6c(c5)-c5ccccc5C65c6ccccc6-c6ccccc65)c(-c5ccccc5)c4)n3)c2)cc1. The number of fused-ring (bicyclic) bond motifs is 10. The van der Waals surface area contributed by atoms with Crippen LogP contribution in [-0.4, -0.2) is 15.0 Å². The van der Waals surface area contributed by atoms with Crippen molar-refractivity contribution in [2.75, 3.05) is 0 Å². The van der Waals surface area contributed by atoms with Crippen LogP contribution < -0.4 is 0 Å². The molecule has 2 aliphatic carbocycles. The van der Waals surface area contributed by atoms with Gasteiger partial charge >= 0.3 is 0 Å². The first kappa shape index (κ1) is 35.0. The molecule has 1 aromatic heterocycles. The summed E-state index contributed by atoms with van der Waals surface area (Å²) in [6.45, 7) is 0. The van der Waals surface area contributed by atoms with Crippen LogP contribution in [0.4, 0.5) is 0 Å². The zero-order valence-corrected chi connectivity index (χ0v) is 33.2. The van der Waals surface area contributed by atoms with Crippen molar-refractivity contribution in [1.82, 2.24) is 15.0 Å². The molecule has 1 heterocycles. The normalized spacial score (nSPS) is 12.7. The Bertz CT molecular complexity index is 3250. The van der Waals surface area contributed by atoms with E-state index in [1.165, 1.54) is 44.5 Å². The fourth-order valence-electron chi connectivity index (χ4n) is 9.88. The minimum Gasteiger partial charge on any atom is -0.208 e. The predicted molar refractivity (Wildman–Crippen MR) is 249 cm³/mol. The molecule has 284 valence electrons. The van der Waals surface area contributed by atoms with E-state index in [0.29, 0.717) is 17.5 Å². The van der Waals surface area contributed by atoms with Crippen molar-refractivity contribution in [3.8, 4) is 89.8 Å². The number of hydrogen-bond donors (Lipinski definition) is 0. The average molecular weight is 776 g/mol. The van der Waals surface area contributed by atoms with Gasteiger partial charge in [0.1, 0.15) is 0 Å². The second kappa shape index (κ2) is 14.1. The fraction of sp³-hybridized carbons (Fsp3) is 0.0172. The van der Waals surface area contributed by atoms with E-state index < -0.39 is 0 Å². The molecule has 0 amide bonds. The summed E-state index contributed by atoms with van der Waals surface area (Å²) in [4.78, 5) is 15.4. The molecular formula is C58H37N3. The molecule has 0 aliphatic heterocycles. The summed E-state index contributed by atoms with van der Waals surface area (Å²) in [5, 5.41) is 0. The number of aromatic nitrogens is 3. The van der Waals surface area contributed by atoms with E-state index in [0.717, 1.165) is 50.1 Å². The van der Waals surface area contributed by atoms with Crippen molar-refractivity contribution in [2.24, 2.45) is 0 Å². The Balaban J connectivity index is 1.03. The Morgan fingerprint density at radius 3 is 1.23 bits per heavy atom. The van der Waals surface area contributed by atoms with Gasteiger partial charge in [0.25, 0.3) is 0 Å². The van der Waals surface area contributed by atoms with Crippen molar-refractivity contribution in [1.29, 1.82) is 0 Å². The number of benzene rings is 9. The van der Waals surface area contributed by atoms with Crippen molar-refractivity contribution in [3.63, 3.8) is 0 Å². The Hall–Kier alpha value is -8.01. The van der Waals surface area contributed by atoms with Crippen LogP contribution in [-0.2, 0) is 5.41 Å². The van der Waals surface area contributed by atoms with E-state index >= 15 is 0 Å². The third kappa shape index (κ3) is 5.55. The van der Waals surface area contributed by atoms with E-state index in [9.17, 15) is 0 Å². The maximum atomic E-state index is 5.20. The first-order valence-electron chi connectivity index (χ1n) is 20.9. The van der Waals surface area contributed by atoms with Crippen molar-refractivity contribution in [3.05, 3.63) is 247 Å². The van der Waals surface area contributed by atoms with Gasteiger partial charge in [-0.3, -0.25) is 0 Å². The Labute approximate surface area is 355 Å². The van der Waals surface area contributed by atoms with E-state index in [2.05, 4.69) is 200 Å². The van der Waals surface area contributed by atoms with Crippen LogP contribution in [0.5, 0.6) is 0 Å². The summed E-state index contributed by atoms with van der Waals surface area (Å²) in [6.07, 6.45) is 0. The van der Waals surface area contributed by atoms with E-state index in [4.69, 9.17) is 15.0 Å².